The smallest absolute Gasteiger partial charge is 0.251 e. The molecule has 22 heavy (non-hydrogen) atoms. The maximum atomic E-state index is 12.2. The van der Waals surface area contributed by atoms with Crippen molar-refractivity contribution < 1.29 is 10.0 Å². The summed E-state index contributed by atoms with van der Waals surface area (Å²) in [7, 11) is 0. The average molecular weight is 296 g/mol. The normalized spacial score (nSPS) is 12.5. The van der Waals surface area contributed by atoms with E-state index in [1.165, 1.54) is 6.21 Å². The van der Waals surface area contributed by atoms with Crippen molar-refractivity contribution in [2.24, 2.45) is 11.1 Å². The number of hydrogen-bond acceptors (Lipinski definition) is 3. The lowest BCUT2D eigenvalue weighted by atomic mass is 10.0. The molecule has 114 valence electrons. The van der Waals surface area contributed by atoms with Crippen LogP contribution in [0.4, 0.5) is 0 Å². The van der Waals surface area contributed by atoms with E-state index in [-0.39, 0.29) is 17.9 Å². The van der Waals surface area contributed by atoms with Gasteiger partial charge in [-0.15, -0.1) is 0 Å². The van der Waals surface area contributed by atoms with Crippen LogP contribution in [0.1, 0.15) is 24.2 Å². The summed E-state index contributed by atoms with van der Waals surface area (Å²) in [5.41, 5.74) is 2.76. The van der Waals surface area contributed by atoms with Crippen molar-refractivity contribution in [3.05, 3.63) is 60.2 Å². The molecule has 4 heteroatoms. The van der Waals surface area contributed by atoms with Gasteiger partial charge >= 0.3 is 0 Å². The second-order valence-corrected chi connectivity index (χ2v) is 5.45. The fourth-order valence-electron chi connectivity index (χ4n) is 2.13. The van der Waals surface area contributed by atoms with Crippen LogP contribution in [0.5, 0.6) is 0 Å². The van der Waals surface area contributed by atoms with Crippen LogP contribution in [-0.4, -0.2) is 23.4 Å². The van der Waals surface area contributed by atoms with E-state index in [2.05, 4.69) is 10.5 Å². The van der Waals surface area contributed by atoms with E-state index in [4.69, 9.17) is 5.21 Å². The Morgan fingerprint density at radius 1 is 1.05 bits per heavy atom. The Bertz CT molecular complexity index is 634. The third-order valence-corrected chi connectivity index (χ3v) is 3.50. The molecule has 0 fully saturated rings. The van der Waals surface area contributed by atoms with E-state index in [1.807, 2.05) is 56.3 Å². The molecule has 1 unspecified atom stereocenters. The van der Waals surface area contributed by atoms with Gasteiger partial charge in [-0.25, -0.2) is 0 Å². The summed E-state index contributed by atoms with van der Waals surface area (Å²) in [6.45, 7) is 3.90. The van der Waals surface area contributed by atoms with Crippen LogP contribution >= 0.6 is 0 Å². The van der Waals surface area contributed by atoms with Crippen molar-refractivity contribution in [2.75, 3.05) is 0 Å². The highest BCUT2D eigenvalue weighted by molar-refractivity contribution is 5.96. The van der Waals surface area contributed by atoms with E-state index in [9.17, 15) is 4.79 Å². The molecule has 0 heterocycles. The van der Waals surface area contributed by atoms with Gasteiger partial charge < -0.3 is 10.5 Å². The Labute approximate surface area is 130 Å². The molecule has 0 aliphatic heterocycles. The number of carbonyl (C=O) groups is 1. The number of nitrogens with zero attached hydrogens (tertiary/aromatic N) is 1. The monoisotopic (exact) mass is 296 g/mol. The molecule has 0 bridgehead atoms. The van der Waals surface area contributed by atoms with Crippen molar-refractivity contribution in [2.45, 2.75) is 19.9 Å². The first-order chi connectivity index (χ1) is 10.6. The third-order valence-electron chi connectivity index (χ3n) is 3.50. The van der Waals surface area contributed by atoms with Gasteiger partial charge in [-0.05, 0) is 29.2 Å². The molecule has 1 atom stereocenters. The molecule has 0 saturated heterocycles. The Hall–Kier alpha value is -2.62. The fourth-order valence-corrected chi connectivity index (χ4v) is 2.13. The van der Waals surface area contributed by atoms with Gasteiger partial charge in [0.1, 0.15) is 0 Å². The zero-order chi connectivity index (χ0) is 15.9. The molecule has 0 radical (unpaired) electrons. The van der Waals surface area contributed by atoms with Crippen LogP contribution < -0.4 is 5.32 Å². The SMILES string of the molecule is CC(C)C(/C=N/O)NC(=O)c1ccc(-c2ccccc2)cc1. The lowest BCUT2D eigenvalue weighted by molar-refractivity contribution is 0.0940. The lowest BCUT2D eigenvalue weighted by Crippen LogP contribution is -2.39. The number of carbonyl (C=O) groups excluding carboxylic acids is 1. The van der Waals surface area contributed by atoms with Crippen LogP contribution in [0.3, 0.4) is 0 Å². The highest BCUT2D eigenvalue weighted by Gasteiger charge is 2.15. The molecule has 1 amide bonds. The van der Waals surface area contributed by atoms with Gasteiger partial charge in [0.2, 0.25) is 0 Å². The second-order valence-electron chi connectivity index (χ2n) is 5.45. The molecule has 2 aromatic rings. The summed E-state index contributed by atoms with van der Waals surface area (Å²) in [5, 5.41) is 14.5. The first kappa shape index (κ1) is 15.8. The highest BCUT2D eigenvalue weighted by Crippen LogP contribution is 2.19. The minimum Gasteiger partial charge on any atom is -0.411 e. The fraction of sp³-hybridized carbons (Fsp3) is 0.222. The summed E-state index contributed by atoms with van der Waals surface area (Å²) in [4.78, 5) is 12.2. The third kappa shape index (κ3) is 3.95. The van der Waals surface area contributed by atoms with Crippen molar-refractivity contribution in [1.82, 2.24) is 5.32 Å². The number of amides is 1. The van der Waals surface area contributed by atoms with E-state index in [0.717, 1.165) is 11.1 Å². The zero-order valence-corrected chi connectivity index (χ0v) is 12.7. The predicted octanol–water partition coefficient (Wildman–Crippen LogP) is 3.57. The largest absolute Gasteiger partial charge is 0.411 e. The van der Waals surface area contributed by atoms with Crippen LogP contribution in [-0.2, 0) is 0 Å². The van der Waals surface area contributed by atoms with Gasteiger partial charge in [0, 0.05) is 5.56 Å². The van der Waals surface area contributed by atoms with Gasteiger partial charge in [0.05, 0.1) is 12.3 Å². The first-order valence-electron chi connectivity index (χ1n) is 7.25. The summed E-state index contributed by atoms with van der Waals surface area (Å²) in [6.07, 6.45) is 1.33. The number of hydrogen-bond donors (Lipinski definition) is 2. The number of rotatable bonds is 5. The summed E-state index contributed by atoms with van der Waals surface area (Å²) >= 11 is 0. The van der Waals surface area contributed by atoms with Gasteiger partial charge in [0.15, 0.2) is 0 Å². The van der Waals surface area contributed by atoms with Crippen LogP contribution in [0.2, 0.25) is 0 Å². The molecular formula is C18H20N2O2. The molecular weight excluding hydrogens is 276 g/mol. The summed E-state index contributed by atoms with van der Waals surface area (Å²) in [5.74, 6) is -0.0401. The van der Waals surface area contributed by atoms with Crippen molar-refractivity contribution in [1.29, 1.82) is 0 Å². The van der Waals surface area contributed by atoms with Crippen LogP contribution in [0.15, 0.2) is 59.8 Å². The van der Waals surface area contributed by atoms with Crippen LogP contribution in [0, 0.1) is 5.92 Å². The Kier molecular flexibility index (Phi) is 5.31. The number of nitrogens with one attached hydrogen (secondary N) is 1. The maximum absolute atomic E-state index is 12.2. The standard InChI is InChI=1S/C18H20N2O2/c1-13(2)17(12-19-22)20-18(21)16-10-8-15(9-11-16)14-6-4-3-5-7-14/h3-13,17,22H,1-2H3,(H,20,21)/b19-12+. The molecule has 0 saturated carbocycles. The van der Waals surface area contributed by atoms with Crippen molar-refractivity contribution in [3.8, 4) is 11.1 Å². The van der Waals surface area contributed by atoms with Gasteiger partial charge in [-0.3, -0.25) is 4.79 Å². The molecule has 4 nitrogen and oxygen atoms in total. The van der Waals surface area contributed by atoms with Gasteiger partial charge in [-0.2, -0.15) is 0 Å². The number of oxime groups is 1. The predicted molar refractivity (Wildman–Crippen MR) is 88.2 cm³/mol. The Morgan fingerprint density at radius 3 is 2.18 bits per heavy atom. The second kappa shape index (κ2) is 7.41. The maximum Gasteiger partial charge on any atom is 0.251 e. The molecule has 0 aromatic heterocycles. The average Bonchev–Trinajstić information content (AvgIpc) is 2.55. The lowest BCUT2D eigenvalue weighted by Gasteiger charge is -2.17. The van der Waals surface area contributed by atoms with Gasteiger partial charge in [-0.1, -0.05) is 61.5 Å². The van der Waals surface area contributed by atoms with E-state index in [0.29, 0.717) is 5.56 Å². The molecule has 2 aromatic carbocycles. The Morgan fingerprint density at radius 2 is 1.64 bits per heavy atom. The number of benzene rings is 2. The van der Waals surface area contributed by atoms with Crippen molar-refractivity contribution >= 4 is 12.1 Å². The molecule has 2 N–H and O–H groups in total. The molecule has 0 spiro atoms. The molecule has 2 rings (SSSR count). The first-order valence-corrected chi connectivity index (χ1v) is 7.25. The minimum absolute atomic E-state index is 0.142. The highest BCUT2D eigenvalue weighted by atomic mass is 16.4. The van der Waals surface area contributed by atoms with Crippen molar-refractivity contribution in [3.63, 3.8) is 0 Å². The van der Waals surface area contributed by atoms with E-state index in [1.54, 1.807) is 12.1 Å². The zero-order valence-electron chi connectivity index (χ0n) is 12.7. The van der Waals surface area contributed by atoms with Gasteiger partial charge in [0.25, 0.3) is 5.91 Å². The topological polar surface area (TPSA) is 61.7 Å². The minimum atomic E-state index is -0.300. The summed E-state index contributed by atoms with van der Waals surface area (Å²) in [6, 6.07) is 17.1. The van der Waals surface area contributed by atoms with E-state index >= 15 is 0 Å². The Balaban J connectivity index is 2.11. The molecule has 0 aliphatic rings. The van der Waals surface area contributed by atoms with Crippen LogP contribution in [0.25, 0.3) is 11.1 Å². The molecule has 0 aliphatic carbocycles. The summed E-state index contributed by atoms with van der Waals surface area (Å²) < 4.78 is 0. The van der Waals surface area contributed by atoms with E-state index < -0.39 is 0 Å². The quantitative estimate of drug-likeness (QED) is 0.503.